The molecule has 0 bridgehead atoms. The lowest BCUT2D eigenvalue weighted by atomic mass is 10.1. The average molecular weight is 242 g/mol. The van der Waals surface area contributed by atoms with Crippen LogP contribution in [0.5, 0.6) is 0 Å². The quantitative estimate of drug-likeness (QED) is 0.852. The number of nitrogens with zero attached hydrogens (tertiary/aromatic N) is 1. The molecule has 0 aromatic carbocycles. The van der Waals surface area contributed by atoms with E-state index < -0.39 is 15.9 Å². The summed E-state index contributed by atoms with van der Waals surface area (Å²) in [6.07, 6.45) is 3.26. The Morgan fingerprint density at radius 1 is 1.56 bits per heavy atom. The number of amides is 1. The molecular formula is C10H14N2O3S. The van der Waals surface area contributed by atoms with E-state index in [4.69, 9.17) is 0 Å². The van der Waals surface area contributed by atoms with Crippen LogP contribution < -0.4 is 4.72 Å². The van der Waals surface area contributed by atoms with Gasteiger partial charge >= 0.3 is 0 Å². The zero-order chi connectivity index (χ0) is 12.2. The van der Waals surface area contributed by atoms with Crippen molar-refractivity contribution in [1.82, 2.24) is 9.71 Å². The van der Waals surface area contributed by atoms with Crippen molar-refractivity contribution in [1.29, 1.82) is 0 Å². The average Bonchev–Trinajstić information content (AvgIpc) is 2.28. The van der Waals surface area contributed by atoms with Crippen LogP contribution in [-0.2, 0) is 14.8 Å². The largest absolute Gasteiger partial charge is 0.274 e. The molecule has 16 heavy (non-hydrogen) atoms. The maximum absolute atomic E-state index is 11.7. The van der Waals surface area contributed by atoms with Crippen molar-refractivity contribution in [2.45, 2.75) is 25.2 Å². The molecule has 0 aliphatic carbocycles. The van der Waals surface area contributed by atoms with Gasteiger partial charge in [0.2, 0.25) is 5.91 Å². The van der Waals surface area contributed by atoms with Gasteiger partial charge in [-0.2, -0.15) is 0 Å². The van der Waals surface area contributed by atoms with Crippen molar-refractivity contribution >= 4 is 15.9 Å². The smallest absolute Gasteiger partial charge is 0.265 e. The first kappa shape index (κ1) is 12.6. The zero-order valence-electron chi connectivity index (χ0n) is 9.17. The Morgan fingerprint density at radius 3 is 2.75 bits per heavy atom. The molecule has 1 rings (SSSR count). The molecule has 1 heterocycles. The lowest BCUT2D eigenvalue weighted by Gasteiger charge is -2.10. The van der Waals surface area contributed by atoms with Gasteiger partial charge in [-0.15, -0.1) is 0 Å². The van der Waals surface area contributed by atoms with Gasteiger partial charge in [-0.25, -0.2) is 13.1 Å². The Kier molecular flexibility index (Phi) is 4.00. The van der Waals surface area contributed by atoms with Crippen LogP contribution >= 0.6 is 0 Å². The molecule has 0 spiro atoms. The summed E-state index contributed by atoms with van der Waals surface area (Å²) in [7, 11) is -3.78. The SMILES string of the molecule is CCC(C)C(=O)NS(=O)(=O)c1cccnc1. The van der Waals surface area contributed by atoms with E-state index in [2.05, 4.69) is 4.98 Å². The van der Waals surface area contributed by atoms with Crippen LogP contribution in [0.2, 0.25) is 0 Å². The number of carbonyl (C=O) groups excluding carboxylic acids is 1. The Hall–Kier alpha value is -1.43. The van der Waals surface area contributed by atoms with Gasteiger partial charge in [0.1, 0.15) is 4.90 Å². The summed E-state index contributed by atoms with van der Waals surface area (Å²) in [6.45, 7) is 3.50. The monoisotopic (exact) mass is 242 g/mol. The molecule has 0 saturated carbocycles. The second-order valence-electron chi connectivity index (χ2n) is 3.47. The van der Waals surface area contributed by atoms with Crippen LogP contribution in [0.4, 0.5) is 0 Å². The van der Waals surface area contributed by atoms with Crippen LogP contribution in [0, 0.1) is 5.92 Å². The van der Waals surface area contributed by atoms with Gasteiger partial charge in [-0.1, -0.05) is 13.8 Å². The minimum Gasteiger partial charge on any atom is -0.274 e. The van der Waals surface area contributed by atoms with Crippen molar-refractivity contribution < 1.29 is 13.2 Å². The summed E-state index contributed by atoms with van der Waals surface area (Å²) in [6, 6.07) is 2.89. The maximum Gasteiger partial charge on any atom is 0.265 e. The molecule has 0 saturated heterocycles. The molecule has 88 valence electrons. The van der Waals surface area contributed by atoms with Crippen molar-refractivity contribution in [2.75, 3.05) is 0 Å². The van der Waals surface area contributed by atoms with Gasteiger partial charge in [-0.3, -0.25) is 9.78 Å². The van der Waals surface area contributed by atoms with Crippen LogP contribution in [0.25, 0.3) is 0 Å². The second kappa shape index (κ2) is 5.07. The lowest BCUT2D eigenvalue weighted by Crippen LogP contribution is -2.34. The number of nitrogens with one attached hydrogen (secondary N) is 1. The normalized spacial score (nSPS) is 13.1. The van der Waals surface area contributed by atoms with Crippen LogP contribution in [0.3, 0.4) is 0 Å². The standard InChI is InChI=1S/C10H14N2O3S/c1-3-8(2)10(13)12-16(14,15)9-5-4-6-11-7-9/h4-8H,3H2,1-2H3,(H,12,13). The van der Waals surface area contributed by atoms with E-state index in [9.17, 15) is 13.2 Å². The third-order valence-corrected chi connectivity index (χ3v) is 3.57. The summed E-state index contributed by atoms with van der Waals surface area (Å²) in [4.78, 5) is 15.1. The van der Waals surface area contributed by atoms with Crippen LogP contribution in [-0.4, -0.2) is 19.3 Å². The number of carbonyl (C=O) groups is 1. The van der Waals surface area contributed by atoms with Gasteiger partial charge in [0.05, 0.1) is 0 Å². The Balaban J connectivity index is 2.86. The fourth-order valence-corrected chi connectivity index (χ4v) is 2.02. The van der Waals surface area contributed by atoms with E-state index in [-0.39, 0.29) is 10.8 Å². The van der Waals surface area contributed by atoms with E-state index >= 15 is 0 Å². The molecule has 0 aliphatic rings. The molecule has 1 N–H and O–H groups in total. The first-order valence-corrected chi connectivity index (χ1v) is 6.42. The Morgan fingerprint density at radius 2 is 2.25 bits per heavy atom. The molecular weight excluding hydrogens is 228 g/mol. The maximum atomic E-state index is 11.7. The van der Waals surface area contributed by atoms with Gasteiger partial charge in [0.25, 0.3) is 10.0 Å². The molecule has 1 amide bonds. The highest BCUT2D eigenvalue weighted by Crippen LogP contribution is 2.07. The Labute approximate surface area is 94.9 Å². The molecule has 1 atom stereocenters. The fourth-order valence-electron chi connectivity index (χ4n) is 0.983. The minimum atomic E-state index is -3.78. The first-order valence-electron chi connectivity index (χ1n) is 4.94. The van der Waals surface area contributed by atoms with Crippen LogP contribution in [0.1, 0.15) is 20.3 Å². The molecule has 5 nitrogen and oxygen atoms in total. The van der Waals surface area contributed by atoms with Gasteiger partial charge in [0, 0.05) is 18.3 Å². The number of rotatable bonds is 4. The molecule has 0 radical (unpaired) electrons. The van der Waals surface area contributed by atoms with Crippen molar-refractivity contribution in [2.24, 2.45) is 5.92 Å². The molecule has 0 fully saturated rings. The number of pyridine rings is 1. The van der Waals surface area contributed by atoms with Crippen molar-refractivity contribution in [3.8, 4) is 0 Å². The number of aromatic nitrogens is 1. The summed E-state index contributed by atoms with van der Waals surface area (Å²) in [5.41, 5.74) is 0. The second-order valence-corrected chi connectivity index (χ2v) is 5.15. The topological polar surface area (TPSA) is 76.1 Å². The predicted molar refractivity (Wildman–Crippen MR) is 59.0 cm³/mol. The van der Waals surface area contributed by atoms with Crippen LogP contribution in [0.15, 0.2) is 29.4 Å². The highest BCUT2D eigenvalue weighted by atomic mass is 32.2. The third kappa shape index (κ3) is 3.03. The predicted octanol–water partition coefficient (Wildman–Crippen LogP) is 0.933. The summed E-state index contributed by atoms with van der Waals surface area (Å²) < 4.78 is 25.4. The molecule has 1 aromatic heterocycles. The molecule has 1 aromatic rings. The molecule has 1 unspecified atom stereocenters. The van der Waals surface area contributed by atoms with Gasteiger partial charge in [0.15, 0.2) is 0 Å². The van der Waals surface area contributed by atoms with E-state index in [0.717, 1.165) is 0 Å². The third-order valence-electron chi connectivity index (χ3n) is 2.24. The first-order chi connectivity index (χ1) is 7.47. The Bertz CT molecular complexity index is 456. The van der Waals surface area contributed by atoms with Gasteiger partial charge < -0.3 is 0 Å². The summed E-state index contributed by atoms with van der Waals surface area (Å²) >= 11 is 0. The van der Waals surface area contributed by atoms with E-state index in [1.54, 1.807) is 6.92 Å². The highest BCUT2D eigenvalue weighted by Gasteiger charge is 2.20. The molecule has 0 aliphatic heterocycles. The van der Waals surface area contributed by atoms with Gasteiger partial charge in [-0.05, 0) is 18.6 Å². The fraction of sp³-hybridized carbons (Fsp3) is 0.400. The highest BCUT2D eigenvalue weighted by molar-refractivity contribution is 7.90. The van der Waals surface area contributed by atoms with Crippen molar-refractivity contribution in [3.63, 3.8) is 0 Å². The van der Waals surface area contributed by atoms with E-state index in [1.165, 1.54) is 24.5 Å². The number of hydrogen-bond acceptors (Lipinski definition) is 4. The zero-order valence-corrected chi connectivity index (χ0v) is 9.99. The summed E-state index contributed by atoms with van der Waals surface area (Å²) in [5, 5.41) is 0. The number of hydrogen-bond donors (Lipinski definition) is 1. The number of sulfonamides is 1. The van der Waals surface area contributed by atoms with E-state index in [1.807, 2.05) is 11.6 Å². The minimum absolute atomic E-state index is 0.00773. The summed E-state index contributed by atoms with van der Waals surface area (Å²) in [5.74, 6) is -0.821. The molecule has 6 heteroatoms. The lowest BCUT2D eigenvalue weighted by molar-refractivity contribution is -0.122. The van der Waals surface area contributed by atoms with Crippen molar-refractivity contribution in [3.05, 3.63) is 24.5 Å². The van der Waals surface area contributed by atoms with E-state index in [0.29, 0.717) is 6.42 Å².